The highest BCUT2D eigenvalue weighted by Crippen LogP contribution is 2.31. The Morgan fingerprint density at radius 2 is 1.72 bits per heavy atom. The van der Waals surface area contributed by atoms with Crippen LogP contribution in [0.2, 0.25) is 0 Å². The van der Waals surface area contributed by atoms with Crippen LogP contribution in [0.4, 0.5) is 0 Å². The summed E-state index contributed by atoms with van der Waals surface area (Å²) in [6.45, 7) is 1.07. The van der Waals surface area contributed by atoms with Crippen molar-refractivity contribution in [3.05, 3.63) is 96.4 Å². The van der Waals surface area contributed by atoms with Gasteiger partial charge in [-0.25, -0.2) is 18.1 Å². The molecule has 0 N–H and O–H groups in total. The van der Waals surface area contributed by atoms with Gasteiger partial charge in [0.25, 0.3) is 0 Å². The lowest BCUT2D eigenvalue weighted by Gasteiger charge is -2.16. The summed E-state index contributed by atoms with van der Waals surface area (Å²) in [5.41, 5.74) is 4.86. The molecule has 9 heteroatoms. The predicted molar refractivity (Wildman–Crippen MR) is 151 cm³/mol. The number of hydrogen-bond donors (Lipinski definition) is 0. The Morgan fingerprint density at radius 1 is 0.974 bits per heavy atom. The van der Waals surface area contributed by atoms with Gasteiger partial charge in [-0.3, -0.25) is 0 Å². The zero-order valence-corrected chi connectivity index (χ0v) is 22.2. The van der Waals surface area contributed by atoms with E-state index in [9.17, 15) is 13.7 Å². The summed E-state index contributed by atoms with van der Waals surface area (Å²) in [7, 11) is -1.72. The molecule has 0 saturated carbocycles. The quantitative estimate of drug-likeness (QED) is 0.276. The second-order valence-electron chi connectivity index (χ2n) is 9.51. The lowest BCUT2D eigenvalue weighted by molar-refractivity contribution is 0.477. The molecule has 8 nitrogen and oxygen atoms in total. The van der Waals surface area contributed by atoms with E-state index in [1.165, 1.54) is 4.31 Å². The molecule has 39 heavy (non-hydrogen) atoms. The fourth-order valence-corrected chi connectivity index (χ4v) is 6.56. The van der Waals surface area contributed by atoms with Crippen molar-refractivity contribution < 1.29 is 8.42 Å². The zero-order valence-electron chi connectivity index (χ0n) is 21.4. The van der Waals surface area contributed by atoms with Crippen LogP contribution in [0.15, 0.2) is 90.0 Å². The number of nitrogens with zero attached hydrogens (tertiary/aromatic N) is 6. The Morgan fingerprint density at radius 3 is 2.46 bits per heavy atom. The Hall–Kier alpha value is -4.52. The molecular formula is C30H26N6O2S. The third-order valence-electron chi connectivity index (χ3n) is 7.02. The number of rotatable bonds is 6. The third-order valence-corrected chi connectivity index (χ3v) is 8.92. The molecule has 0 aliphatic carbocycles. The molecule has 1 aliphatic heterocycles. The molecule has 0 amide bonds. The standard InChI is InChI=1S/C30H26N6O2S/c1-34-28-15-6-5-14-27(28)32-30(34)23(20-31)18-24-21-36(25-11-3-2-4-12-25)33-29(24)22-10-9-13-26(19-22)39(37,38)35-16-7-8-17-35/h2-6,9-15,18-19,21H,7-8,16-17H2,1H3. The van der Waals surface area contributed by atoms with Gasteiger partial charge in [0.1, 0.15) is 11.8 Å². The van der Waals surface area contributed by atoms with Crippen molar-refractivity contribution >= 4 is 32.7 Å². The number of nitriles is 1. The summed E-state index contributed by atoms with van der Waals surface area (Å²) in [6, 6.07) is 26.6. The van der Waals surface area contributed by atoms with Gasteiger partial charge in [-0.2, -0.15) is 14.7 Å². The normalized spacial score (nSPS) is 14.6. The van der Waals surface area contributed by atoms with E-state index in [2.05, 4.69) is 6.07 Å². The van der Waals surface area contributed by atoms with Crippen molar-refractivity contribution in [2.75, 3.05) is 13.1 Å². The first kappa shape index (κ1) is 24.8. The molecule has 3 heterocycles. The molecule has 0 spiro atoms. The molecule has 0 radical (unpaired) electrons. The average Bonchev–Trinajstić information content (AvgIpc) is 3.73. The topological polar surface area (TPSA) is 96.8 Å². The maximum atomic E-state index is 13.3. The van der Waals surface area contributed by atoms with Crippen molar-refractivity contribution in [1.29, 1.82) is 5.26 Å². The number of aromatic nitrogens is 4. The molecule has 2 aromatic heterocycles. The van der Waals surface area contributed by atoms with E-state index < -0.39 is 10.0 Å². The van der Waals surface area contributed by atoms with Crippen LogP contribution in [0.3, 0.4) is 0 Å². The van der Waals surface area contributed by atoms with Gasteiger partial charge in [0.15, 0.2) is 5.82 Å². The van der Waals surface area contributed by atoms with Crippen molar-refractivity contribution in [1.82, 2.24) is 23.6 Å². The Bertz CT molecular complexity index is 1860. The minimum absolute atomic E-state index is 0.238. The number of sulfonamides is 1. The minimum Gasteiger partial charge on any atom is -0.327 e. The number of para-hydroxylation sites is 3. The van der Waals surface area contributed by atoms with Gasteiger partial charge < -0.3 is 4.57 Å². The Labute approximate surface area is 227 Å². The molecule has 0 unspecified atom stereocenters. The van der Waals surface area contributed by atoms with Crippen molar-refractivity contribution in [3.63, 3.8) is 0 Å². The van der Waals surface area contributed by atoms with Gasteiger partial charge in [-0.05, 0) is 55.3 Å². The van der Waals surface area contributed by atoms with E-state index in [1.807, 2.05) is 78.5 Å². The van der Waals surface area contributed by atoms with Gasteiger partial charge >= 0.3 is 0 Å². The van der Waals surface area contributed by atoms with Gasteiger partial charge in [-0.1, -0.05) is 42.5 Å². The van der Waals surface area contributed by atoms with Gasteiger partial charge in [0, 0.05) is 37.5 Å². The van der Waals surface area contributed by atoms with Gasteiger partial charge in [0.2, 0.25) is 10.0 Å². The van der Waals surface area contributed by atoms with Crippen LogP contribution < -0.4 is 0 Å². The summed E-state index contributed by atoms with van der Waals surface area (Å²) in [5, 5.41) is 15.0. The largest absolute Gasteiger partial charge is 0.327 e. The molecule has 5 aromatic rings. The van der Waals surface area contributed by atoms with E-state index in [-0.39, 0.29) is 4.90 Å². The van der Waals surface area contributed by atoms with Crippen molar-refractivity contribution in [3.8, 4) is 23.0 Å². The van der Waals surface area contributed by atoms with Crippen LogP contribution in [-0.2, 0) is 17.1 Å². The lowest BCUT2D eigenvalue weighted by atomic mass is 10.1. The van der Waals surface area contributed by atoms with E-state index in [4.69, 9.17) is 10.1 Å². The predicted octanol–water partition coefficient (Wildman–Crippen LogP) is 5.27. The first-order valence-corrected chi connectivity index (χ1v) is 14.2. The summed E-state index contributed by atoms with van der Waals surface area (Å²) in [4.78, 5) is 4.94. The van der Waals surface area contributed by atoms with Crippen LogP contribution in [0.5, 0.6) is 0 Å². The van der Waals surface area contributed by atoms with E-state index >= 15 is 0 Å². The SMILES string of the molecule is Cn1c(C(C#N)=Cc2cn(-c3ccccc3)nc2-c2cccc(S(=O)(=O)N3CCCC3)c2)nc2ccccc21. The lowest BCUT2D eigenvalue weighted by Crippen LogP contribution is -2.27. The fourth-order valence-electron chi connectivity index (χ4n) is 5.00. The van der Waals surface area contributed by atoms with Gasteiger partial charge in [-0.15, -0.1) is 0 Å². The molecule has 1 aliphatic rings. The summed E-state index contributed by atoms with van der Waals surface area (Å²) < 4.78 is 31.8. The zero-order chi connectivity index (χ0) is 27.0. The molecule has 0 atom stereocenters. The van der Waals surface area contributed by atoms with Crippen LogP contribution >= 0.6 is 0 Å². The Balaban J connectivity index is 1.50. The summed E-state index contributed by atoms with van der Waals surface area (Å²) in [5.74, 6) is 0.544. The molecular weight excluding hydrogens is 508 g/mol. The molecule has 3 aromatic carbocycles. The fraction of sp³-hybridized carbons (Fsp3) is 0.167. The van der Waals surface area contributed by atoms with Crippen molar-refractivity contribution in [2.24, 2.45) is 7.05 Å². The molecule has 0 bridgehead atoms. The van der Waals surface area contributed by atoms with Crippen LogP contribution in [0, 0.1) is 11.3 Å². The van der Waals surface area contributed by atoms with Gasteiger partial charge in [0.05, 0.1) is 27.2 Å². The van der Waals surface area contributed by atoms with Crippen LogP contribution in [-0.4, -0.2) is 45.1 Å². The molecule has 194 valence electrons. The maximum absolute atomic E-state index is 13.3. The minimum atomic E-state index is -3.60. The second kappa shape index (κ2) is 9.98. The highest BCUT2D eigenvalue weighted by molar-refractivity contribution is 7.89. The molecule has 6 rings (SSSR count). The van der Waals surface area contributed by atoms with Crippen molar-refractivity contribution in [2.45, 2.75) is 17.7 Å². The number of allylic oxidation sites excluding steroid dienone is 1. The molecule has 1 fully saturated rings. The maximum Gasteiger partial charge on any atom is 0.243 e. The number of hydrogen-bond acceptors (Lipinski definition) is 5. The van der Waals surface area contributed by atoms with E-state index in [1.54, 1.807) is 29.0 Å². The smallest absolute Gasteiger partial charge is 0.243 e. The average molecular weight is 535 g/mol. The van der Waals surface area contributed by atoms with Crippen LogP contribution in [0.25, 0.3) is 39.6 Å². The highest BCUT2D eigenvalue weighted by atomic mass is 32.2. The molecule has 1 saturated heterocycles. The second-order valence-corrected chi connectivity index (χ2v) is 11.4. The Kier molecular flexibility index (Phi) is 6.35. The van der Waals surface area contributed by atoms with E-state index in [0.29, 0.717) is 41.3 Å². The monoisotopic (exact) mass is 534 g/mol. The number of imidazole rings is 1. The first-order valence-electron chi connectivity index (χ1n) is 12.7. The van der Waals surface area contributed by atoms with Crippen LogP contribution in [0.1, 0.15) is 24.2 Å². The highest BCUT2D eigenvalue weighted by Gasteiger charge is 2.27. The third kappa shape index (κ3) is 4.54. The number of benzene rings is 3. The van der Waals surface area contributed by atoms with E-state index in [0.717, 1.165) is 29.6 Å². The number of aryl methyl sites for hydroxylation is 1. The summed E-state index contributed by atoms with van der Waals surface area (Å²) in [6.07, 6.45) is 5.36. The summed E-state index contributed by atoms with van der Waals surface area (Å²) >= 11 is 0. The number of fused-ring (bicyclic) bond motifs is 1. The first-order chi connectivity index (χ1) is 19.0.